The van der Waals surface area contributed by atoms with Crippen LogP contribution in [0.4, 0.5) is 11.6 Å². The van der Waals surface area contributed by atoms with Crippen molar-refractivity contribution >= 4 is 23.4 Å². The quantitative estimate of drug-likeness (QED) is 0.923. The molecule has 2 heterocycles. The molecule has 1 aromatic heterocycles. The van der Waals surface area contributed by atoms with Crippen LogP contribution in [0.5, 0.6) is 0 Å². The second-order valence-corrected chi connectivity index (χ2v) is 7.24. The van der Waals surface area contributed by atoms with Gasteiger partial charge in [-0.3, -0.25) is 0 Å². The maximum atomic E-state index is 4.84. The predicted molar refractivity (Wildman–Crippen MR) is 89.2 cm³/mol. The smallest absolute Gasteiger partial charge is 0.137 e. The largest absolute Gasteiger partial charge is 0.370 e. The predicted octanol–water partition coefficient (Wildman–Crippen LogP) is 3.28. The normalized spacial score (nSPS) is 19.5. The first-order valence-corrected chi connectivity index (χ1v) is 8.56. The molecule has 1 atom stereocenters. The van der Waals surface area contributed by atoms with Gasteiger partial charge in [-0.05, 0) is 13.8 Å². The lowest BCUT2D eigenvalue weighted by Crippen LogP contribution is -2.38. The SMILES string of the molecule is CCNc1nc(C(C)C)nc(N2CCSC(C)C2)c1C. The lowest BCUT2D eigenvalue weighted by atomic mass is 10.2. The molecule has 1 aliphatic heterocycles. The van der Waals surface area contributed by atoms with Crippen molar-refractivity contribution < 1.29 is 0 Å². The highest BCUT2D eigenvalue weighted by Crippen LogP contribution is 2.29. The number of anilines is 2. The van der Waals surface area contributed by atoms with E-state index in [4.69, 9.17) is 4.98 Å². The second kappa shape index (κ2) is 6.66. The molecular weight excluding hydrogens is 268 g/mol. The summed E-state index contributed by atoms with van der Waals surface area (Å²) in [7, 11) is 0. The fraction of sp³-hybridized carbons (Fsp3) is 0.733. The summed E-state index contributed by atoms with van der Waals surface area (Å²) >= 11 is 2.05. The number of rotatable bonds is 4. The highest BCUT2D eigenvalue weighted by molar-refractivity contribution is 8.00. The molecule has 1 saturated heterocycles. The van der Waals surface area contributed by atoms with Gasteiger partial charge in [0.2, 0.25) is 0 Å². The summed E-state index contributed by atoms with van der Waals surface area (Å²) in [5.41, 5.74) is 1.18. The molecular formula is C15H26N4S. The molecule has 112 valence electrons. The fourth-order valence-electron chi connectivity index (χ4n) is 2.44. The van der Waals surface area contributed by atoms with Crippen LogP contribution < -0.4 is 10.2 Å². The van der Waals surface area contributed by atoms with Crippen LogP contribution in [-0.2, 0) is 0 Å². The molecule has 2 rings (SSSR count). The van der Waals surface area contributed by atoms with E-state index in [0.717, 1.165) is 37.1 Å². The summed E-state index contributed by atoms with van der Waals surface area (Å²) in [6, 6.07) is 0. The first-order chi connectivity index (χ1) is 9.52. The van der Waals surface area contributed by atoms with E-state index in [0.29, 0.717) is 11.2 Å². The topological polar surface area (TPSA) is 41.1 Å². The molecule has 1 aromatic rings. The Labute approximate surface area is 126 Å². The molecule has 0 bridgehead atoms. The zero-order valence-corrected chi connectivity index (χ0v) is 14.0. The van der Waals surface area contributed by atoms with Gasteiger partial charge in [-0.15, -0.1) is 0 Å². The van der Waals surface area contributed by atoms with Gasteiger partial charge in [0.1, 0.15) is 17.5 Å². The number of nitrogens with one attached hydrogen (secondary N) is 1. The molecule has 0 spiro atoms. The van der Waals surface area contributed by atoms with Crippen molar-refractivity contribution in [2.24, 2.45) is 0 Å². The Hall–Kier alpha value is -0.970. The van der Waals surface area contributed by atoms with Gasteiger partial charge in [0.05, 0.1) is 0 Å². The monoisotopic (exact) mass is 294 g/mol. The molecule has 0 amide bonds. The standard InChI is InChI=1S/C15H26N4S/c1-6-16-14-12(5)15(18-13(17-14)10(2)3)19-7-8-20-11(4)9-19/h10-11H,6-9H2,1-5H3,(H,16,17,18). The van der Waals surface area contributed by atoms with Crippen molar-refractivity contribution in [1.82, 2.24) is 9.97 Å². The maximum absolute atomic E-state index is 4.84. The van der Waals surface area contributed by atoms with E-state index < -0.39 is 0 Å². The summed E-state index contributed by atoms with van der Waals surface area (Å²) in [5, 5.41) is 4.05. The van der Waals surface area contributed by atoms with Gasteiger partial charge in [0.15, 0.2) is 0 Å². The van der Waals surface area contributed by atoms with Crippen molar-refractivity contribution in [3.05, 3.63) is 11.4 Å². The molecule has 1 unspecified atom stereocenters. The Morgan fingerprint density at radius 2 is 2.15 bits per heavy atom. The van der Waals surface area contributed by atoms with Gasteiger partial charge >= 0.3 is 0 Å². The Kier molecular flexibility index (Phi) is 5.13. The highest BCUT2D eigenvalue weighted by atomic mass is 32.2. The molecule has 0 aromatic carbocycles. The maximum Gasteiger partial charge on any atom is 0.137 e. The fourth-order valence-corrected chi connectivity index (χ4v) is 3.45. The van der Waals surface area contributed by atoms with Gasteiger partial charge < -0.3 is 10.2 Å². The molecule has 0 aliphatic carbocycles. The molecule has 1 aliphatic rings. The Balaban J connectivity index is 2.39. The number of nitrogens with zero attached hydrogens (tertiary/aromatic N) is 3. The van der Waals surface area contributed by atoms with Gasteiger partial charge in [-0.1, -0.05) is 20.8 Å². The third-order valence-corrected chi connectivity index (χ3v) is 4.68. The van der Waals surface area contributed by atoms with E-state index >= 15 is 0 Å². The van der Waals surface area contributed by atoms with E-state index in [9.17, 15) is 0 Å². The molecule has 20 heavy (non-hydrogen) atoms. The highest BCUT2D eigenvalue weighted by Gasteiger charge is 2.22. The van der Waals surface area contributed by atoms with Crippen LogP contribution in [0.15, 0.2) is 0 Å². The van der Waals surface area contributed by atoms with Crippen molar-refractivity contribution in [3.63, 3.8) is 0 Å². The van der Waals surface area contributed by atoms with E-state index in [1.807, 2.05) is 11.8 Å². The lowest BCUT2D eigenvalue weighted by Gasteiger charge is -2.33. The zero-order valence-electron chi connectivity index (χ0n) is 13.2. The summed E-state index contributed by atoms with van der Waals surface area (Å²) in [6.07, 6.45) is 0. The van der Waals surface area contributed by atoms with Crippen LogP contribution in [0, 0.1) is 6.92 Å². The van der Waals surface area contributed by atoms with E-state index in [1.54, 1.807) is 0 Å². The van der Waals surface area contributed by atoms with E-state index in [1.165, 1.54) is 11.3 Å². The summed E-state index contributed by atoms with van der Waals surface area (Å²) < 4.78 is 0. The van der Waals surface area contributed by atoms with Crippen LogP contribution in [0.25, 0.3) is 0 Å². The Morgan fingerprint density at radius 3 is 2.75 bits per heavy atom. The van der Waals surface area contributed by atoms with Crippen LogP contribution in [0.1, 0.15) is 45.0 Å². The average molecular weight is 294 g/mol. The Bertz CT molecular complexity index is 461. The minimum absolute atomic E-state index is 0.350. The van der Waals surface area contributed by atoms with Gasteiger partial charge in [-0.25, -0.2) is 9.97 Å². The van der Waals surface area contributed by atoms with Gasteiger partial charge in [0.25, 0.3) is 0 Å². The van der Waals surface area contributed by atoms with Crippen molar-refractivity contribution in [1.29, 1.82) is 0 Å². The van der Waals surface area contributed by atoms with Crippen LogP contribution in [-0.4, -0.2) is 40.6 Å². The first kappa shape index (κ1) is 15.4. The van der Waals surface area contributed by atoms with Gasteiger partial charge in [-0.2, -0.15) is 11.8 Å². The molecule has 0 saturated carbocycles. The van der Waals surface area contributed by atoms with Crippen molar-refractivity contribution in [3.8, 4) is 0 Å². The number of aromatic nitrogens is 2. The van der Waals surface area contributed by atoms with Crippen LogP contribution >= 0.6 is 11.8 Å². The molecule has 1 N–H and O–H groups in total. The van der Waals surface area contributed by atoms with Crippen LogP contribution in [0.2, 0.25) is 0 Å². The van der Waals surface area contributed by atoms with E-state index in [-0.39, 0.29) is 0 Å². The van der Waals surface area contributed by atoms with Crippen LogP contribution in [0.3, 0.4) is 0 Å². The van der Waals surface area contributed by atoms with Crippen molar-refractivity contribution in [2.75, 3.05) is 35.6 Å². The number of hydrogen-bond donors (Lipinski definition) is 1. The molecule has 1 fully saturated rings. The molecule has 0 radical (unpaired) electrons. The zero-order chi connectivity index (χ0) is 14.7. The third kappa shape index (κ3) is 3.37. The second-order valence-electron chi connectivity index (χ2n) is 5.69. The van der Waals surface area contributed by atoms with Gasteiger partial charge in [0, 0.05) is 42.1 Å². The third-order valence-electron chi connectivity index (χ3n) is 3.54. The first-order valence-electron chi connectivity index (χ1n) is 7.51. The van der Waals surface area contributed by atoms with Crippen molar-refractivity contribution in [2.45, 2.75) is 45.8 Å². The summed E-state index contributed by atoms with van der Waals surface area (Å²) in [6.45, 7) is 13.9. The Morgan fingerprint density at radius 1 is 1.40 bits per heavy atom. The minimum atomic E-state index is 0.350. The average Bonchev–Trinajstić information content (AvgIpc) is 2.41. The summed E-state index contributed by atoms with van der Waals surface area (Å²) in [5.74, 6) is 4.58. The lowest BCUT2D eigenvalue weighted by molar-refractivity contribution is 0.730. The minimum Gasteiger partial charge on any atom is -0.370 e. The number of hydrogen-bond acceptors (Lipinski definition) is 5. The van der Waals surface area contributed by atoms with E-state index in [2.05, 4.69) is 49.8 Å². The molecule has 4 nitrogen and oxygen atoms in total. The number of thioether (sulfide) groups is 1. The summed E-state index contributed by atoms with van der Waals surface area (Å²) in [4.78, 5) is 11.9. The molecule has 5 heteroatoms.